The Morgan fingerprint density at radius 3 is 2.90 bits per heavy atom. The second-order valence-corrected chi connectivity index (χ2v) is 5.57. The summed E-state index contributed by atoms with van der Waals surface area (Å²) in [6.45, 7) is 0. The van der Waals surface area contributed by atoms with Gasteiger partial charge in [-0.25, -0.2) is 0 Å². The molecule has 6 heteroatoms. The third-order valence-corrected chi connectivity index (χ3v) is 4.13. The molecule has 0 radical (unpaired) electrons. The van der Waals surface area contributed by atoms with E-state index in [1.807, 2.05) is 35.7 Å². The fourth-order valence-electron chi connectivity index (χ4n) is 2.03. The first-order chi connectivity index (χ1) is 9.69. The van der Waals surface area contributed by atoms with Gasteiger partial charge in [0.25, 0.3) is 0 Å². The topological polar surface area (TPSA) is 63.9 Å². The number of nitrogens with zero attached hydrogens (tertiary/aromatic N) is 1. The fraction of sp³-hybridized carbons (Fsp3) is 0.0714. The van der Waals surface area contributed by atoms with Gasteiger partial charge in [0, 0.05) is 16.5 Å². The monoisotopic (exact) mass is 305 g/mol. The van der Waals surface area contributed by atoms with Crippen LogP contribution < -0.4 is 10.5 Å². The minimum Gasteiger partial charge on any atom is -0.496 e. The lowest BCUT2D eigenvalue weighted by atomic mass is 10.0. The standard InChI is InChI=1S/C14H12ClN3OS/c1-19-10-6-11(20-7-10)13-12(14(16)18-17-13)8-3-2-4-9(15)5-8/h2-7H,1H3,(H3,16,17,18). The lowest BCUT2D eigenvalue weighted by molar-refractivity contribution is 0.417. The second-order valence-electron chi connectivity index (χ2n) is 4.22. The van der Waals surface area contributed by atoms with Gasteiger partial charge in [-0.05, 0) is 17.7 Å². The lowest BCUT2D eigenvalue weighted by Gasteiger charge is -2.03. The van der Waals surface area contributed by atoms with Crippen molar-refractivity contribution in [2.75, 3.05) is 12.8 Å². The Morgan fingerprint density at radius 1 is 1.35 bits per heavy atom. The highest BCUT2D eigenvalue weighted by atomic mass is 35.5. The predicted octanol–water partition coefficient (Wildman–Crippen LogP) is 4.05. The highest BCUT2D eigenvalue weighted by Crippen LogP contribution is 2.39. The number of nitrogens with two attached hydrogens (primary N) is 1. The normalized spacial score (nSPS) is 10.7. The highest BCUT2D eigenvalue weighted by molar-refractivity contribution is 7.13. The summed E-state index contributed by atoms with van der Waals surface area (Å²) in [6.07, 6.45) is 0. The van der Waals surface area contributed by atoms with E-state index < -0.39 is 0 Å². The van der Waals surface area contributed by atoms with Crippen LogP contribution in [0.2, 0.25) is 5.02 Å². The number of ether oxygens (including phenoxy) is 1. The molecular formula is C14H12ClN3OS. The van der Waals surface area contributed by atoms with Gasteiger partial charge in [-0.2, -0.15) is 5.10 Å². The molecule has 0 aliphatic heterocycles. The molecule has 0 bridgehead atoms. The zero-order valence-corrected chi connectivity index (χ0v) is 12.3. The quantitative estimate of drug-likeness (QED) is 0.767. The first-order valence-corrected chi connectivity index (χ1v) is 7.17. The van der Waals surface area contributed by atoms with Gasteiger partial charge in [-0.1, -0.05) is 23.7 Å². The van der Waals surface area contributed by atoms with Gasteiger partial charge < -0.3 is 10.5 Å². The minimum atomic E-state index is 0.453. The fourth-order valence-corrected chi connectivity index (χ4v) is 3.07. The molecule has 0 spiro atoms. The Hall–Kier alpha value is -1.98. The summed E-state index contributed by atoms with van der Waals surface area (Å²) in [7, 11) is 1.64. The van der Waals surface area contributed by atoms with Crippen LogP contribution in [0.4, 0.5) is 5.82 Å². The van der Waals surface area contributed by atoms with Crippen LogP contribution in [0.1, 0.15) is 0 Å². The Balaban J connectivity index is 2.14. The number of anilines is 1. The molecule has 3 rings (SSSR count). The van der Waals surface area contributed by atoms with Crippen molar-refractivity contribution in [2.24, 2.45) is 0 Å². The van der Waals surface area contributed by atoms with Crippen molar-refractivity contribution >= 4 is 28.8 Å². The lowest BCUT2D eigenvalue weighted by Crippen LogP contribution is -1.88. The van der Waals surface area contributed by atoms with E-state index in [1.54, 1.807) is 18.4 Å². The highest BCUT2D eigenvalue weighted by Gasteiger charge is 2.16. The van der Waals surface area contributed by atoms with Crippen LogP contribution >= 0.6 is 22.9 Å². The third-order valence-electron chi connectivity index (χ3n) is 2.97. The molecule has 0 saturated carbocycles. The third kappa shape index (κ3) is 2.26. The van der Waals surface area contributed by atoms with E-state index in [1.165, 1.54) is 0 Å². The number of benzene rings is 1. The van der Waals surface area contributed by atoms with E-state index >= 15 is 0 Å². The van der Waals surface area contributed by atoms with Crippen molar-refractivity contribution in [3.05, 3.63) is 40.7 Å². The van der Waals surface area contributed by atoms with E-state index in [4.69, 9.17) is 22.1 Å². The number of thiophene rings is 1. The molecule has 3 aromatic rings. The number of hydrogen-bond acceptors (Lipinski definition) is 4. The average molecular weight is 306 g/mol. The molecule has 20 heavy (non-hydrogen) atoms. The number of rotatable bonds is 3. The molecule has 0 aliphatic carbocycles. The number of hydrogen-bond donors (Lipinski definition) is 2. The van der Waals surface area contributed by atoms with Crippen LogP contribution in [-0.4, -0.2) is 17.3 Å². The zero-order chi connectivity index (χ0) is 14.1. The molecule has 2 aromatic heterocycles. The van der Waals surface area contributed by atoms with Crippen molar-refractivity contribution in [1.29, 1.82) is 0 Å². The summed E-state index contributed by atoms with van der Waals surface area (Å²) in [5.41, 5.74) is 8.66. The first kappa shape index (κ1) is 13.0. The van der Waals surface area contributed by atoms with E-state index in [-0.39, 0.29) is 0 Å². The van der Waals surface area contributed by atoms with Gasteiger partial charge in [0.05, 0.1) is 23.2 Å². The average Bonchev–Trinajstić information content (AvgIpc) is 3.04. The summed E-state index contributed by atoms with van der Waals surface area (Å²) < 4.78 is 5.21. The summed E-state index contributed by atoms with van der Waals surface area (Å²) >= 11 is 7.62. The number of nitrogens with one attached hydrogen (secondary N) is 1. The number of nitrogen functional groups attached to an aromatic ring is 1. The molecule has 2 heterocycles. The van der Waals surface area contributed by atoms with Crippen molar-refractivity contribution in [1.82, 2.24) is 10.2 Å². The van der Waals surface area contributed by atoms with Crippen molar-refractivity contribution in [3.63, 3.8) is 0 Å². The molecule has 1 aromatic carbocycles. The summed E-state index contributed by atoms with van der Waals surface area (Å²) in [5.74, 6) is 1.27. The maximum absolute atomic E-state index is 6.05. The Bertz CT molecular complexity index is 750. The van der Waals surface area contributed by atoms with Gasteiger partial charge in [-0.3, -0.25) is 5.10 Å². The SMILES string of the molecule is COc1csc(-c2[nH]nc(N)c2-c2cccc(Cl)c2)c1. The maximum Gasteiger partial charge on any atom is 0.153 e. The van der Waals surface area contributed by atoms with Crippen LogP contribution in [0.5, 0.6) is 5.75 Å². The van der Waals surface area contributed by atoms with Gasteiger partial charge >= 0.3 is 0 Å². The van der Waals surface area contributed by atoms with Gasteiger partial charge in [0.2, 0.25) is 0 Å². The van der Waals surface area contributed by atoms with Gasteiger partial charge in [0.1, 0.15) is 5.75 Å². The Kier molecular flexibility index (Phi) is 3.38. The molecule has 0 amide bonds. The van der Waals surface area contributed by atoms with Crippen molar-refractivity contribution < 1.29 is 4.74 Å². The van der Waals surface area contributed by atoms with E-state index in [0.29, 0.717) is 10.8 Å². The van der Waals surface area contributed by atoms with Crippen LogP contribution in [0, 0.1) is 0 Å². The molecule has 0 fully saturated rings. The number of aromatic nitrogens is 2. The van der Waals surface area contributed by atoms with Crippen LogP contribution in [0.15, 0.2) is 35.7 Å². The molecular weight excluding hydrogens is 294 g/mol. The molecule has 3 N–H and O–H groups in total. The van der Waals surface area contributed by atoms with E-state index in [9.17, 15) is 0 Å². The predicted molar refractivity (Wildman–Crippen MR) is 83.3 cm³/mol. The van der Waals surface area contributed by atoms with Gasteiger partial charge in [0.15, 0.2) is 5.82 Å². The Labute approximate surface area is 125 Å². The molecule has 0 aliphatic rings. The molecule has 0 atom stereocenters. The van der Waals surface area contributed by atoms with Crippen LogP contribution in [0.25, 0.3) is 21.7 Å². The largest absolute Gasteiger partial charge is 0.496 e. The molecule has 0 saturated heterocycles. The van der Waals surface area contributed by atoms with Crippen molar-refractivity contribution in [3.8, 4) is 27.4 Å². The van der Waals surface area contributed by atoms with Crippen molar-refractivity contribution in [2.45, 2.75) is 0 Å². The summed E-state index contributed by atoms with van der Waals surface area (Å²) in [4.78, 5) is 1.01. The first-order valence-electron chi connectivity index (χ1n) is 5.91. The molecule has 0 unspecified atom stereocenters. The zero-order valence-electron chi connectivity index (χ0n) is 10.7. The number of methoxy groups -OCH3 is 1. The van der Waals surface area contributed by atoms with Crippen LogP contribution in [-0.2, 0) is 0 Å². The smallest absolute Gasteiger partial charge is 0.153 e. The molecule has 4 nitrogen and oxygen atoms in total. The summed E-state index contributed by atoms with van der Waals surface area (Å²) in [6, 6.07) is 9.50. The summed E-state index contributed by atoms with van der Waals surface area (Å²) in [5, 5.41) is 9.70. The van der Waals surface area contributed by atoms with Gasteiger partial charge in [-0.15, -0.1) is 11.3 Å². The number of halogens is 1. The van der Waals surface area contributed by atoms with E-state index in [2.05, 4.69) is 10.2 Å². The number of H-pyrrole nitrogens is 1. The minimum absolute atomic E-state index is 0.453. The maximum atomic E-state index is 6.05. The Morgan fingerprint density at radius 2 is 2.20 bits per heavy atom. The number of aromatic amines is 1. The van der Waals surface area contributed by atoms with Crippen LogP contribution in [0.3, 0.4) is 0 Å². The second kappa shape index (κ2) is 5.19. The van der Waals surface area contributed by atoms with E-state index in [0.717, 1.165) is 27.4 Å². The molecule has 102 valence electrons.